The fraction of sp³-hybridized carbons (Fsp3) is 1.00. The molecule has 0 amide bonds. The predicted octanol–water partition coefficient (Wildman–Crippen LogP) is 2.61. The lowest BCUT2D eigenvalue weighted by Crippen LogP contribution is -2.49. The first-order chi connectivity index (χ1) is 8.15. The molecule has 1 saturated carbocycles. The Kier molecular flexibility index (Phi) is 4.79. The molecule has 1 aliphatic carbocycles. The van der Waals surface area contributed by atoms with Crippen molar-refractivity contribution in [3.8, 4) is 0 Å². The zero-order valence-corrected chi connectivity index (χ0v) is 12.1. The molecular weight excluding hydrogens is 230 g/mol. The van der Waals surface area contributed by atoms with E-state index in [9.17, 15) is 5.11 Å². The molecule has 2 aliphatic rings. The second-order valence-electron chi connectivity index (χ2n) is 6.25. The van der Waals surface area contributed by atoms with E-state index in [-0.39, 0.29) is 5.41 Å². The van der Waals surface area contributed by atoms with Crippen LogP contribution in [0.3, 0.4) is 0 Å². The Morgan fingerprint density at radius 1 is 1.41 bits per heavy atom. The molecule has 1 saturated heterocycles. The molecule has 17 heavy (non-hydrogen) atoms. The Morgan fingerprint density at radius 2 is 2.24 bits per heavy atom. The SMILES string of the molecule is CC1CCCC(CO)(CN2CCSCC2C)C1. The summed E-state index contributed by atoms with van der Waals surface area (Å²) in [6, 6.07) is 0.689. The van der Waals surface area contributed by atoms with Crippen LogP contribution in [-0.2, 0) is 0 Å². The first-order valence-corrected chi connectivity index (χ1v) is 8.23. The highest BCUT2D eigenvalue weighted by Crippen LogP contribution is 2.40. The van der Waals surface area contributed by atoms with E-state index in [1.54, 1.807) is 0 Å². The fourth-order valence-corrected chi connectivity index (χ4v) is 4.62. The van der Waals surface area contributed by atoms with Gasteiger partial charge in [-0.2, -0.15) is 11.8 Å². The maximum absolute atomic E-state index is 9.84. The van der Waals surface area contributed by atoms with Crippen LogP contribution < -0.4 is 0 Å². The summed E-state index contributed by atoms with van der Waals surface area (Å²) in [6.45, 7) is 7.40. The highest BCUT2D eigenvalue weighted by atomic mass is 32.2. The van der Waals surface area contributed by atoms with E-state index in [0.717, 1.165) is 12.5 Å². The summed E-state index contributed by atoms with van der Waals surface area (Å²) in [5, 5.41) is 9.84. The molecule has 3 atom stereocenters. The van der Waals surface area contributed by atoms with Crippen LogP contribution in [-0.4, -0.2) is 47.3 Å². The molecule has 3 heteroatoms. The van der Waals surface area contributed by atoms with E-state index >= 15 is 0 Å². The number of aliphatic hydroxyl groups excluding tert-OH is 1. The van der Waals surface area contributed by atoms with Crippen LogP contribution in [0.2, 0.25) is 0 Å². The molecule has 0 radical (unpaired) electrons. The summed E-state index contributed by atoms with van der Waals surface area (Å²) in [5.41, 5.74) is 0.202. The van der Waals surface area contributed by atoms with Crippen molar-refractivity contribution >= 4 is 11.8 Å². The zero-order valence-electron chi connectivity index (χ0n) is 11.3. The normalized spacial score (nSPS) is 40.4. The maximum atomic E-state index is 9.84. The van der Waals surface area contributed by atoms with Crippen LogP contribution in [0, 0.1) is 11.3 Å². The van der Waals surface area contributed by atoms with Crippen LogP contribution in [0.25, 0.3) is 0 Å². The zero-order chi connectivity index (χ0) is 12.3. The molecule has 1 aliphatic heterocycles. The summed E-state index contributed by atoms with van der Waals surface area (Å²) >= 11 is 2.07. The van der Waals surface area contributed by atoms with Gasteiger partial charge in [0, 0.05) is 42.7 Å². The van der Waals surface area contributed by atoms with Crippen molar-refractivity contribution < 1.29 is 5.11 Å². The smallest absolute Gasteiger partial charge is 0.0499 e. The lowest BCUT2D eigenvalue weighted by molar-refractivity contribution is 0.0166. The van der Waals surface area contributed by atoms with Crippen molar-refractivity contribution in [1.82, 2.24) is 4.90 Å². The number of aliphatic hydroxyl groups is 1. The van der Waals surface area contributed by atoms with E-state index in [2.05, 4.69) is 30.5 Å². The minimum absolute atomic E-state index is 0.202. The molecule has 2 rings (SSSR count). The Bertz CT molecular complexity index is 248. The van der Waals surface area contributed by atoms with Gasteiger partial charge in [-0.3, -0.25) is 4.90 Å². The highest BCUT2D eigenvalue weighted by Gasteiger charge is 2.37. The van der Waals surface area contributed by atoms with Gasteiger partial charge in [-0.15, -0.1) is 0 Å². The fourth-order valence-electron chi connectivity index (χ4n) is 3.53. The molecular formula is C14H27NOS. The van der Waals surface area contributed by atoms with Gasteiger partial charge in [0.2, 0.25) is 0 Å². The predicted molar refractivity (Wildman–Crippen MR) is 75.5 cm³/mol. The Balaban J connectivity index is 1.97. The number of rotatable bonds is 3. The molecule has 0 bridgehead atoms. The topological polar surface area (TPSA) is 23.5 Å². The lowest BCUT2D eigenvalue weighted by atomic mass is 9.70. The summed E-state index contributed by atoms with van der Waals surface area (Å²) in [5.74, 6) is 3.32. The third kappa shape index (κ3) is 3.39. The summed E-state index contributed by atoms with van der Waals surface area (Å²) in [6.07, 6.45) is 5.11. The molecule has 2 nitrogen and oxygen atoms in total. The monoisotopic (exact) mass is 257 g/mol. The molecule has 100 valence electrons. The van der Waals surface area contributed by atoms with E-state index in [0.29, 0.717) is 12.6 Å². The van der Waals surface area contributed by atoms with Gasteiger partial charge in [0.1, 0.15) is 0 Å². The van der Waals surface area contributed by atoms with Crippen LogP contribution in [0.5, 0.6) is 0 Å². The van der Waals surface area contributed by atoms with Crippen LogP contribution >= 0.6 is 11.8 Å². The van der Waals surface area contributed by atoms with Gasteiger partial charge < -0.3 is 5.11 Å². The van der Waals surface area contributed by atoms with Gasteiger partial charge in [0.25, 0.3) is 0 Å². The quantitative estimate of drug-likeness (QED) is 0.841. The number of thioether (sulfide) groups is 1. The van der Waals surface area contributed by atoms with Crippen LogP contribution in [0.1, 0.15) is 39.5 Å². The largest absolute Gasteiger partial charge is 0.396 e. The van der Waals surface area contributed by atoms with E-state index < -0.39 is 0 Å². The minimum Gasteiger partial charge on any atom is -0.396 e. The van der Waals surface area contributed by atoms with Gasteiger partial charge in [-0.1, -0.05) is 19.8 Å². The van der Waals surface area contributed by atoms with Crippen molar-refractivity contribution in [2.45, 2.75) is 45.6 Å². The minimum atomic E-state index is 0.202. The van der Waals surface area contributed by atoms with E-state index in [1.807, 2.05) is 0 Å². The van der Waals surface area contributed by atoms with Crippen molar-refractivity contribution in [3.05, 3.63) is 0 Å². The first-order valence-electron chi connectivity index (χ1n) is 7.08. The van der Waals surface area contributed by atoms with Crippen molar-refractivity contribution in [3.63, 3.8) is 0 Å². The van der Waals surface area contributed by atoms with E-state index in [4.69, 9.17) is 0 Å². The third-order valence-electron chi connectivity index (χ3n) is 4.56. The standard InChI is InChI=1S/C14H27NOS/c1-12-4-3-5-14(8-12,11-16)10-15-6-7-17-9-13(15)2/h12-13,16H,3-11H2,1-2H3. The Morgan fingerprint density at radius 3 is 2.88 bits per heavy atom. The number of nitrogens with zero attached hydrogens (tertiary/aromatic N) is 1. The number of hydrogen-bond acceptors (Lipinski definition) is 3. The number of hydrogen-bond donors (Lipinski definition) is 1. The van der Waals surface area contributed by atoms with Crippen molar-refractivity contribution in [2.75, 3.05) is 31.2 Å². The Labute approximate surface area is 110 Å². The summed E-state index contributed by atoms with van der Waals surface area (Å²) in [4.78, 5) is 2.62. The molecule has 3 unspecified atom stereocenters. The van der Waals surface area contributed by atoms with E-state index in [1.165, 1.54) is 43.7 Å². The first kappa shape index (κ1) is 13.7. The summed E-state index contributed by atoms with van der Waals surface area (Å²) in [7, 11) is 0. The highest BCUT2D eigenvalue weighted by molar-refractivity contribution is 7.99. The van der Waals surface area contributed by atoms with Crippen LogP contribution in [0.4, 0.5) is 0 Å². The molecule has 0 aromatic heterocycles. The average molecular weight is 257 g/mol. The maximum Gasteiger partial charge on any atom is 0.0499 e. The molecule has 2 fully saturated rings. The van der Waals surface area contributed by atoms with Crippen molar-refractivity contribution in [2.24, 2.45) is 11.3 Å². The van der Waals surface area contributed by atoms with Gasteiger partial charge in [0.15, 0.2) is 0 Å². The Hall–Kier alpha value is 0.270. The second-order valence-corrected chi connectivity index (χ2v) is 7.40. The van der Waals surface area contributed by atoms with Gasteiger partial charge in [0.05, 0.1) is 0 Å². The summed E-state index contributed by atoms with van der Waals surface area (Å²) < 4.78 is 0. The van der Waals surface area contributed by atoms with Gasteiger partial charge in [-0.05, 0) is 25.7 Å². The molecule has 0 spiro atoms. The third-order valence-corrected chi connectivity index (χ3v) is 5.75. The van der Waals surface area contributed by atoms with Gasteiger partial charge in [-0.25, -0.2) is 0 Å². The average Bonchev–Trinajstić information content (AvgIpc) is 2.32. The molecule has 0 aromatic rings. The molecule has 0 aromatic carbocycles. The van der Waals surface area contributed by atoms with Crippen LogP contribution in [0.15, 0.2) is 0 Å². The lowest BCUT2D eigenvalue weighted by Gasteiger charge is -2.45. The van der Waals surface area contributed by atoms with Gasteiger partial charge >= 0.3 is 0 Å². The molecule has 1 heterocycles. The van der Waals surface area contributed by atoms with Crippen molar-refractivity contribution in [1.29, 1.82) is 0 Å². The molecule has 1 N–H and O–H groups in total. The second kappa shape index (κ2) is 5.94.